The molecule has 0 atom stereocenters. The highest BCUT2D eigenvalue weighted by Gasteiger charge is 2.56. The molecule has 16 heavy (non-hydrogen) atoms. The van der Waals surface area contributed by atoms with Gasteiger partial charge in [-0.05, 0) is 56.3 Å². The first-order valence-electron chi connectivity index (χ1n) is 6.66. The van der Waals surface area contributed by atoms with Crippen molar-refractivity contribution in [2.24, 2.45) is 17.8 Å². The Morgan fingerprint density at radius 2 is 1.56 bits per heavy atom. The topological polar surface area (TPSA) is 20.3 Å². The number of β-lactam (4-membered cyclic amide) rings is 1. The minimum atomic E-state index is 0.252. The van der Waals surface area contributed by atoms with Crippen molar-refractivity contribution in [2.75, 3.05) is 6.54 Å². The van der Waals surface area contributed by atoms with Crippen LogP contribution in [0.2, 0.25) is 0 Å². The van der Waals surface area contributed by atoms with Crippen LogP contribution in [0.15, 0.2) is 12.2 Å². The van der Waals surface area contributed by atoms with Gasteiger partial charge in [-0.1, -0.05) is 6.58 Å². The first-order valence-corrected chi connectivity index (χ1v) is 6.66. The van der Waals surface area contributed by atoms with E-state index in [9.17, 15) is 4.79 Å². The van der Waals surface area contributed by atoms with Crippen LogP contribution >= 0.6 is 0 Å². The third-order valence-corrected chi connectivity index (χ3v) is 5.48. The maximum Gasteiger partial charge on any atom is 0.251 e. The van der Waals surface area contributed by atoms with Crippen molar-refractivity contribution in [3.63, 3.8) is 0 Å². The average Bonchev–Trinajstić information content (AvgIpc) is 2.23. The van der Waals surface area contributed by atoms with E-state index in [4.69, 9.17) is 0 Å². The van der Waals surface area contributed by atoms with E-state index in [1.54, 1.807) is 0 Å². The molecule has 4 saturated carbocycles. The molecule has 2 heteroatoms. The number of nitrogens with zero attached hydrogens (tertiary/aromatic N) is 1. The lowest BCUT2D eigenvalue weighted by atomic mass is 9.52. The number of carbonyl (C=O) groups excluding carboxylic acids is 1. The lowest BCUT2D eigenvalue weighted by Crippen LogP contribution is -2.66. The van der Waals surface area contributed by atoms with Crippen LogP contribution in [-0.4, -0.2) is 22.9 Å². The van der Waals surface area contributed by atoms with Crippen molar-refractivity contribution < 1.29 is 4.79 Å². The van der Waals surface area contributed by atoms with Gasteiger partial charge in [-0.15, -0.1) is 0 Å². The summed E-state index contributed by atoms with van der Waals surface area (Å²) in [6.07, 6.45) is 8.21. The molecule has 0 aromatic rings. The highest BCUT2D eigenvalue weighted by molar-refractivity contribution is 6.00. The molecule has 0 aromatic heterocycles. The molecule has 1 saturated heterocycles. The molecule has 1 amide bonds. The molecule has 86 valence electrons. The van der Waals surface area contributed by atoms with E-state index in [0.29, 0.717) is 0 Å². The van der Waals surface area contributed by atoms with E-state index in [1.807, 2.05) is 0 Å². The maximum absolute atomic E-state index is 11.9. The molecule has 4 bridgehead atoms. The zero-order chi connectivity index (χ0) is 10.9. The fourth-order valence-electron chi connectivity index (χ4n) is 5.21. The van der Waals surface area contributed by atoms with Crippen molar-refractivity contribution >= 4 is 5.91 Å². The van der Waals surface area contributed by atoms with Crippen molar-refractivity contribution in [3.8, 4) is 0 Å². The summed E-state index contributed by atoms with van der Waals surface area (Å²) in [5.41, 5.74) is 1.10. The molecular weight excluding hydrogens is 198 g/mol. The molecule has 0 spiro atoms. The first-order chi connectivity index (χ1) is 7.66. The number of carbonyl (C=O) groups is 1. The van der Waals surface area contributed by atoms with E-state index in [2.05, 4.69) is 11.5 Å². The fourth-order valence-corrected chi connectivity index (χ4v) is 5.21. The molecule has 5 rings (SSSR count). The van der Waals surface area contributed by atoms with Crippen LogP contribution in [0, 0.1) is 17.8 Å². The van der Waals surface area contributed by atoms with Crippen LogP contribution in [0.4, 0.5) is 0 Å². The summed E-state index contributed by atoms with van der Waals surface area (Å²) in [4.78, 5) is 14.1. The minimum absolute atomic E-state index is 0.252. The summed E-state index contributed by atoms with van der Waals surface area (Å²) in [6, 6.07) is 0. The van der Waals surface area contributed by atoms with E-state index in [0.717, 1.165) is 29.9 Å². The van der Waals surface area contributed by atoms with Gasteiger partial charge in [-0.2, -0.15) is 0 Å². The predicted octanol–water partition coefficient (Wildman–Crippen LogP) is 2.35. The Hall–Kier alpha value is -0.790. The quantitative estimate of drug-likeness (QED) is 0.487. The minimum Gasteiger partial charge on any atom is -0.329 e. The molecular formula is C14H19NO. The SMILES string of the molecule is C=C1CN(C23CC4CC(CC(C4)C2)C3)C1=O. The molecule has 5 fully saturated rings. The van der Waals surface area contributed by atoms with Gasteiger partial charge in [0.05, 0.1) is 6.54 Å². The maximum atomic E-state index is 11.9. The Kier molecular flexibility index (Phi) is 1.57. The number of rotatable bonds is 1. The van der Waals surface area contributed by atoms with Crippen LogP contribution in [0.25, 0.3) is 0 Å². The van der Waals surface area contributed by atoms with Crippen LogP contribution in [0.5, 0.6) is 0 Å². The molecule has 1 aliphatic heterocycles. The van der Waals surface area contributed by atoms with Gasteiger partial charge in [0.15, 0.2) is 0 Å². The smallest absolute Gasteiger partial charge is 0.251 e. The Morgan fingerprint density at radius 1 is 1.06 bits per heavy atom. The second-order valence-corrected chi connectivity index (χ2v) is 6.64. The molecule has 0 N–H and O–H groups in total. The fraction of sp³-hybridized carbons (Fsp3) is 0.786. The van der Waals surface area contributed by atoms with E-state index >= 15 is 0 Å². The van der Waals surface area contributed by atoms with Crippen molar-refractivity contribution in [2.45, 2.75) is 44.1 Å². The van der Waals surface area contributed by atoms with E-state index in [1.165, 1.54) is 38.5 Å². The number of hydrogen-bond donors (Lipinski definition) is 0. The van der Waals surface area contributed by atoms with Crippen LogP contribution in [0.1, 0.15) is 38.5 Å². The Labute approximate surface area is 96.7 Å². The van der Waals surface area contributed by atoms with Gasteiger partial charge in [0.25, 0.3) is 5.91 Å². The molecule has 0 radical (unpaired) electrons. The molecule has 4 aliphatic carbocycles. The van der Waals surface area contributed by atoms with Crippen LogP contribution in [0.3, 0.4) is 0 Å². The van der Waals surface area contributed by atoms with E-state index < -0.39 is 0 Å². The Balaban J connectivity index is 1.67. The van der Waals surface area contributed by atoms with Gasteiger partial charge in [-0.25, -0.2) is 0 Å². The summed E-state index contributed by atoms with van der Waals surface area (Å²) in [7, 11) is 0. The molecule has 0 unspecified atom stereocenters. The molecule has 2 nitrogen and oxygen atoms in total. The lowest BCUT2D eigenvalue weighted by Gasteiger charge is -2.62. The Bertz CT molecular complexity index is 349. The van der Waals surface area contributed by atoms with Gasteiger partial charge < -0.3 is 4.90 Å². The number of amides is 1. The molecule has 1 heterocycles. The Morgan fingerprint density at radius 3 is 1.94 bits per heavy atom. The second-order valence-electron chi connectivity index (χ2n) is 6.64. The van der Waals surface area contributed by atoms with Crippen LogP contribution in [-0.2, 0) is 4.79 Å². The predicted molar refractivity (Wildman–Crippen MR) is 61.8 cm³/mol. The number of hydrogen-bond acceptors (Lipinski definition) is 1. The third-order valence-electron chi connectivity index (χ3n) is 5.48. The second kappa shape index (κ2) is 2.72. The number of likely N-dealkylation sites (tertiary alicyclic amines) is 1. The molecule has 5 aliphatic rings. The summed E-state index contributed by atoms with van der Waals surface area (Å²) in [6.45, 7) is 4.68. The van der Waals surface area contributed by atoms with Crippen LogP contribution < -0.4 is 0 Å². The first kappa shape index (κ1) is 9.26. The zero-order valence-corrected chi connectivity index (χ0v) is 9.74. The van der Waals surface area contributed by atoms with Gasteiger partial charge >= 0.3 is 0 Å². The van der Waals surface area contributed by atoms with Crippen molar-refractivity contribution in [1.29, 1.82) is 0 Å². The highest BCUT2D eigenvalue weighted by atomic mass is 16.2. The normalized spacial score (nSPS) is 49.8. The molecule has 0 aromatic carbocycles. The largest absolute Gasteiger partial charge is 0.329 e. The van der Waals surface area contributed by atoms with Gasteiger partial charge in [0.1, 0.15) is 0 Å². The summed E-state index contributed by atoms with van der Waals surface area (Å²) in [5, 5.41) is 0. The average molecular weight is 217 g/mol. The van der Waals surface area contributed by atoms with Crippen molar-refractivity contribution in [1.82, 2.24) is 4.90 Å². The highest BCUT2D eigenvalue weighted by Crippen LogP contribution is 2.58. The van der Waals surface area contributed by atoms with Gasteiger partial charge in [-0.3, -0.25) is 4.79 Å². The summed E-state index contributed by atoms with van der Waals surface area (Å²) < 4.78 is 0. The standard InChI is InChI=1S/C14H19NO/c1-9-8-15(13(9)16)14-5-10-2-11(6-14)4-12(3-10)7-14/h10-12H,1-8H2. The van der Waals surface area contributed by atoms with Gasteiger partial charge in [0.2, 0.25) is 0 Å². The van der Waals surface area contributed by atoms with Gasteiger partial charge in [0, 0.05) is 11.1 Å². The third kappa shape index (κ3) is 1.01. The monoisotopic (exact) mass is 217 g/mol. The van der Waals surface area contributed by atoms with E-state index in [-0.39, 0.29) is 11.4 Å². The summed E-state index contributed by atoms with van der Waals surface area (Å²) in [5.74, 6) is 3.02. The zero-order valence-electron chi connectivity index (χ0n) is 9.74. The summed E-state index contributed by atoms with van der Waals surface area (Å²) >= 11 is 0. The van der Waals surface area contributed by atoms with Crippen molar-refractivity contribution in [3.05, 3.63) is 12.2 Å². The lowest BCUT2D eigenvalue weighted by molar-refractivity contribution is -0.155.